The van der Waals surface area contributed by atoms with Crippen molar-refractivity contribution in [1.29, 1.82) is 0 Å². The van der Waals surface area contributed by atoms with Crippen molar-refractivity contribution in [2.45, 2.75) is 59.0 Å². The molecule has 2 aliphatic heterocycles. The highest BCUT2D eigenvalue weighted by atomic mass is 16.5. The van der Waals surface area contributed by atoms with Gasteiger partial charge in [0.05, 0.1) is 22.5 Å². The largest absolute Gasteiger partial charge is 0.493 e. The molecule has 0 aliphatic carbocycles. The third-order valence-electron chi connectivity index (χ3n) is 5.41. The summed E-state index contributed by atoms with van der Waals surface area (Å²) in [5, 5.41) is 10.8. The van der Waals surface area contributed by atoms with Crippen molar-refractivity contribution in [2.24, 2.45) is 11.3 Å². The normalized spacial score (nSPS) is 30.8. The molecule has 1 fully saturated rings. The van der Waals surface area contributed by atoms with Gasteiger partial charge in [0.15, 0.2) is 11.5 Å². The third kappa shape index (κ3) is 3.95. The Bertz CT molecular complexity index is 775. The maximum atomic E-state index is 10.8. The van der Waals surface area contributed by atoms with Crippen molar-refractivity contribution in [3.63, 3.8) is 0 Å². The molecule has 0 aromatic heterocycles. The van der Waals surface area contributed by atoms with Crippen LogP contribution in [0.4, 0.5) is 0 Å². The van der Waals surface area contributed by atoms with Gasteiger partial charge in [0.25, 0.3) is 0 Å². The Labute approximate surface area is 159 Å². The molecule has 1 saturated heterocycles. The van der Waals surface area contributed by atoms with E-state index in [1.54, 1.807) is 6.07 Å². The van der Waals surface area contributed by atoms with Crippen molar-refractivity contribution in [2.75, 3.05) is 26.8 Å². The molecule has 3 unspecified atom stereocenters. The Morgan fingerprint density at radius 2 is 2.16 bits per heavy atom. The van der Waals surface area contributed by atoms with Crippen LogP contribution < -0.4 is 9.47 Å². The summed E-state index contributed by atoms with van der Waals surface area (Å²) in [5.41, 5.74) is 2.17. The molecule has 2 aliphatic rings. The minimum atomic E-state index is -2.92. The van der Waals surface area contributed by atoms with Gasteiger partial charge in [-0.25, -0.2) is 0 Å². The first kappa shape index (κ1) is 13.0. The molecule has 1 aromatic carbocycles. The zero-order valence-corrected chi connectivity index (χ0v) is 15.6. The molecule has 3 rings (SSSR count). The second-order valence-corrected chi connectivity index (χ2v) is 8.49. The molecular weight excluding hydrogens is 314 g/mol. The van der Waals surface area contributed by atoms with Crippen molar-refractivity contribution >= 4 is 0 Å². The Kier molecular flexibility index (Phi) is 3.72. The lowest BCUT2D eigenvalue weighted by Gasteiger charge is -2.47. The van der Waals surface area contributed by atoms with Crippen LogP contribution in [0, 0.1) is 11.3 Å². The Morgan fingerprint density at radius 1 is 1.36 bits per heavy atom. The average Bonchev–Trinajstić information content (AvgIpc) is 2.59. The van der Waals surface area contributed by atoms with Gasteiger partial charge in [-0.05, 0) is 60.7 Å². The second-order valence-electron chi connectivity index (χ2n) is 8.49. The van der Waals surface area contributed by atoms with Crippen molar-refractivity contribution in [1.82, 2.24) is 4.90 Å². The van der Waals surface area contributed by atoms with E-state index in [-0.39, 0.29) is 29.2 Å². The highest BCUT2D eigenvalue weighted by Crippen LogP contribution is 2.44. The quantitative estimate of drug-likeness (QED) is 0.895. The van der Waals surface area contributed by atoms with Crippen LogP contribution in [0.2, 0.25) is 0 Å². The van der Waals surface area contributed by atoms with E-state index in [0.717, 1.165) is 37.1 Å². The number of ether oxygens (including phenoxy) is 2. The van der Waals surface area contributed by atoms with E-state index in [4.69, 9.17) is 16.3 Å². The Balaban J connectivity index is 1.88. The molecular formula is C21H33NO3. The van der Waals surface area contributed by atoms with E-state index >= 15 is 0 Å². The maximum Gasteiger partial charge on any atom is 0.161 e. The molecule has 1 N–H and O–H groups in total. The zero-order chi connectivity index (χ0) is 22.5. The SMILES string of the molecule is [2H]C([2H])([2H])C([2H])([2H])Oc1cc2c(cc1OC)C1CC(O)C(CC(C)(C)C)CN1CC2. The number of hydrogen-bond acceptors (Lipinski definition) is 4. The van der Waals surface area contributed by atoms with Crippen LogP contribution >= 0.6 is 0 Å². The van der Waals surface area contributed by atoms with Gasteiger partial charge in [0, 0.05) is 23.2 Å². The maximum absolute atomic E-state index is 10.8. The predicted molar refractivity (Wildman–Crippen MR) is 100 cm³/mol. The first-order valence-electron chi connectivity index (χ1n) is 11.5. The molecule has 0 radical (unpaired) electrons. The molecule has 0 amide bonds. The number of aliphatic hydroxyl groups excluding tert-OH is 1. The molecule has 3 atom stereocenters. The molecule has 4 nitrogen and oxygen atoms in total. The highest BCUT2D eigenvalue weighted by molar-refractivity contribution is 5.49. The lowest BCUT2D eigenvalue weighted by Crippen LogP contribution is -2.48. The minimum Gasteiger partial charge on any atom is -0.493 e. The summed E-state index contributed by atoms with van der Waals surface area (Å²) in [5.74, 6) is 0.627. The lowest BCUT2D eigenvalue weighted by molar-refractivity contribution is -0.0259. The fourth-order valence-corrected chi connectivity index (χ4v) is 4.38. The van der Waals surface area contributed by atoms with Crippen LogP contribution in [0.5, 0.6) is 11.5 Å². The van der Waals surface area contributed by atoms with E-state index in [1.165, 1.54) is 7.11 Å². The van der Waals surface area contributed by atoms with Crippen LogP contribution in [0.1, 0.15) is 64.5 Å². The number of nitrogens with zero attached hydrogens (tertiary/aromatic N) is 1. The summed E-state index contributed by atoms with van der Waals surface area (Å²) in [6, 6.07) is 3.57. The molecule has 25 heavy (non-hydrogen) atoms. The summed E-state index contributed by atoms with van der Waals surface area (Å²) in [6.45, 7) is 2.52. The number of aliphatic hydroxyl groups is 1. The summed E-state index contributed by atoms with van der Waals surface area (Å²) in [7, 11) is 1.45. The van der Waals surface area contributed by atoms with Gasteiger partial charge >= 0.3 is 0 Å². The predicted octanol–water partition coefficient (Wildman–Crippen LogP) is 3.81. The van der Waals surface area contributed by atoms with Gasteiger partial charge < -0.3 is 14.6 Å². The number of piperidine rings is 1. The fourth-order valence-electron chi connectivity index (χ4n) is 4.38. The van der Waals surface area contributed by atoms with Gasteiger partial charge in [-0.15, -0.1) is 0 Å². The second kappa shape index (κ2) is 7.16. The van der Waals surface area contributed by atoms with Gasteiger partial charge in [-0.2, -0.15) is 0 Å². The van der Waals surface area contributed by atoms with Crippen LogP contribution in [-0.4, -0.2) is 42.9 Å². The smallest absolute Gasteiger partial charge is 0.161 e. The van der Waals surface area contributed by atoms with Crippen LogP contribution in [0.25, 0.3) is 0 Å². The van der Waals surface area contributed by atoms with Gasteiger partial charge in [0.1, 0.15) is 0 Å². The number of fused-ring (bicyclic) bond motifs is 3. The molecule has 0 saturated carbocycles. The minimum absolute atomic E-state index is 0.0577. The summed E-state index contributed by atoms with van der Waals surface area (Å²) in [4.78, 5) is 2.41. The van der Waals surface area contributed by atoms with Crippen molar-refractivity contribution in [3.8, 4) is 11.5 Å². The standard InChI is InChI=1S/C21H33NO3/c1-6-25-20-9-14-7-8-22-13-15(12-21(2,3)4)18(23)11-17(22)16(14)10-19(20)24-5/h9-10,15,17-18,23H,6-8,11-13H2,1-5H3/i1D3,6D2. The van der Waals surface area contributed by atoms with Crippen LogP contribution in [0.3, 0.4) is 0 Å². The van der Waals surface area contributed by atoms with E-state index in [9.17, 15) is 5.11 Å². The topological polar surface area (TPSA) is 41.9 Å². The van der Waals surface area contributed by atoms with E-state index in [2.05, 4.69) is 25.7 Å². The highest BCUT2D eigenvalue weighted by Gasteiger charge is 2.39. The molecule has 0 bridgehead atoms. The van der Waals surface area contributed by atoms with E-state index in [1.807, 2.05) is 6.07 Å². The van der Waals surface area contributed by atoms with Crippen LogP contribution in [-0.2, 0) is 6.42 Å². The Morgan fingerprint density at radius 3 is 2.84 bits per heavy atom. The molecule has 0 spiro atoms. The third-order valence-corrected chi connectivity index (χ3v) is 5.41. The number of benzene rings is 1. The monoisotopic (exact) mass is 352 g/mol. The summed E-state index contributed by atoms with van der Waals surface area (Å²) >= 11 is 0. The van der Waals surface area contributed by atoms with Gasteiger partial charge in [-0.3, -0.25) is 4.90 Å². The van der Waals surface area contributed by atoms with Gasteiger partial charge in [-0.1, -0.05) is 20.8 Å². The summed E-state index contributed by atoms with van der Waals surface area (Å²) in [6.07, 6.45) is 1.96. The molecule has 1 aromatic rings. The van der Waals surface area contributed by atoms with Crippen molar-refractivity contribution < 1.29 is 21.4 Å². The lowest BCUT2D eigenvalue weighted by atomic mass is 9.75. The Hall–Kier alpha value is -1.26. The number of rotatable bonds is 4. The van der Waals surface area contributed by atoms with Crippen LogP contribution in [0.15, 0.2) is 12.1 Å². The zero-order valence-electron chi connectivity index (χ0n) is 20.6. The molecule has 2 heterocycles. The van der Waals surface area contributed by atoms with E-state index in [0.29, 0.717) is 12.2 Å². The fraction of sp³-hybridized carbons (Fsp3) is 0.714. The summed E-state index contributed by atoms with van der Waals surface area (Å²) < 4.78 is 48.4. The molecule has 4 heteroatoms. The van der Waals surface area contributed by atoms with E-state index < -0.39 is 13.4 Å². The average molecular weight is 353 g/mol. The molecule has 140 valence electrons. The van der Waals surface area contributed by atoms with Crippen molar-refractivity contribution in [3.05, 3.63) is 23.3 Å². The van der Waals surface area contributed by atoms with Gasteiger partial charge in [0.2, 0.25) is 0 Å². The first-order valence-corrected chi connectivity index (χ1v) is 9.04. The number of methoxy groups -OCH3 is 1. The first-order chi connectivity index (χ1) is 13.7. The number of hydrogen-bond donors (Lipinski definition) is 1.